The highest BCUT2D eigenvalue weighted by Gasteiger charge is 2.32. The molecule has 5 heteroatoms. The number of hydrogen-bond donors (Lipinski definition) is 0. The molecule has 1 heterocycles. The summed E-state index contributed by atoms with van der Waals surface area (Å²) in [6.07, 6.45) is 1.23. The molecule has 0 radical (unpaired) electrons. The number of methoxy groups -OCH3 is 1. The molecule has 30 heavy (non-hydrogen) atoms. The minimum atomic E-state index is -1.83. The summed E-state index contributed by atoms with van der Waals surface area (Å²) < 4.78 is 54.1. The Kier molecular flexibility index (Phi) is 6.00. The van der Waals surface area contributed by atoms with Crippen LogP contribution in [0.4, 0.5) is 13.2 Å². The molecule has 0 aromatic heterocycles. The Bertz CT molecular complexity index is 957. The molecule has 1 aliphatic heterocycles. The van der Waals surface area contributed by atoms with Crippen molar-refractivity contribution in [1.29, 1.82) is 0 Å². The largest absolute Gasteiger partial charge is 0.498 e. The average Bonchev–Trinajstić information content (AvgIpc) is 2.76. The Labute approximate surface area is 175 Å². The van der Waals surface area contributed by atoms with Gasteiger partial charge in [-0.25, -0.2) is 13.2 Å². The minimum absolute atomic E-state index is 0.0265. The summed E-state index contributed by atoms with van der Waals surface area (Å²) in [6, 6.07) is 12.0. The van der Waals surface area contributed by atoms with Crippen molar-refractivity contribution in [3.05, 3.63) is 77.3 Å². The maximum Gasteiger partial charge on any atom is 0.192 e. The molecule has 4 unspecified atom stereocenters. The van der Waals surface area contributed by atoms with Crippen molar-refractivity contribution < 1.29 is 22.6 Å². The Hall–Kier alpha value is -2.53. The van der Waals surface area contributed by atoms with Gasteiger partial charge in [-0.15, -0.1) is 0 Å². The van der Waals surface area contributed by atoms with Crippen LogP contribution < -0.4 is 0 Å². The van der Waals surface area contributed by atoms with Crippen LogP contribution in [0.15, 0.2) is 60.4 Å². The molecule has 1 saturated heterocycles. The predicted octanol–water partition coefficient (Wildman–Crippen LogP) is 6.58. The summed E-state index contributed by atoms with van der Waals surface area (Å²) in [7, 11) is 1.32. The van der Waals surface area contributed by atoms with Gasteiger partial charge in [0, 0.05) is 12.2 Å². The van der Waals surface area contributed by atoms with Gasteiger partial charge in [0.25, 0.3) is 0 Å². The van der Waals surface area contributed by atoms with E-state index >= 15 is 0 Å². The number of allylic oxidation sites excluding steroid dienone is 4. The van der Waals surface area contributed by atoms with Crippen LogP contribution in [0.2, 0.25) is 0 Å². The third kappa shape index (κ3) is 4.04. The normalized spacial score (nSPS) is 26.7. The molecule has 2 nitrogen and oxygen atoms in total. The Morgan fingerprint density at radius 3 is 2.30 bits per heavy atom. The number of rotatable bonds is 4. The Morgan fingerprint density at radius 2 is 1.67 bits per heavy atom. The molecule has 0 N–H and O–H groups in total. The van der Waals surface area contributed by atoms with Crippen molar-refractivity contribution in [3.63, 3.8) is 0 Å². The molecular weight excluding hydrogens is 389 g/mol. The molecule has 0 amide bonds. The maximum absolute atomic E-state index is 14.8. The molecule has 2 aromatic carbocycles. The number of ether oxygens (including phenoxy) is 2. The third-order valence-corrected chi connectivity index (χ3v) is 5.89. The van der Waals surface area contributed by atoms with Crippen LogP contribution in [-0.2, 0) is 9.47 Å². The lowest BCUT2D eigenvalue weighted by Crippen LogP contribution is -2.24. The van der Waals surface area contributed by atoms with Crippen LogP contribution in [0.5, 0.6) is 0 Å². The molecule has 0 spiro atoms. The minimum Gasteiger partial charge on any atom is -0.498 e. The number of benzene rings is 2. The van der Waals surface area contributed by atoms with E-state index in [4.69, 9.17) is 9.47 Å². The highest BCUT2D eigenvalue weighted by Crippen LogP contribution is 2.35. The fourth-order valence-corrected chi connectivity index (χ4v) is 4.05. The van der Waals surface area contributed by atoms with Crippen molar-refractivity contribution in [2.75, 3.05) is 13.7 Å². The van der Waals surface area contributed by atoms with Crippen LogP contribution >= 0.6 is 0 Å². The van der Waals surface area contributed by atoms with Crippen molar-refractivity contribution >= 4 is 5.57 Å². The second kappa shape index (κ2) is 8.68. The highest BCUT2D eigenvalue weighted by atomic mass is 19.2. The molecule has 1 aliphatic carbocycles. The quantitative estimate of drug-likeness (QED) is 0.562. The second-order valence-electron chi connectivity index (χ2n) is 8.02. The average molecular weight is 414 g/mol. The second-order valence-corrected chi connectivity index (χ2v) is 8.02. The summed E-state index contributed by atoms with van der Waals surface area (Å²) in [5, 5.41) is 0. The van der Waals surface area contributed by atoms with E-state index in [0.717, 1.165) is 18.4 Å². The van der Waals surface area contributed by atoms with Gasteiger partial charge in [-0.2, -0.15) is 0 Å². The predicted molar refractivity (Wildman–Crippen MR) is 112 cm³/mol. The topological polar surface area (TPSA) is 18.5 Å². The van der Waals surface area contributed by atoms with Gasteiger partial charge in [0.15, 0.2) is 12.3 Å². The Morgan fingerprint density at radius 1 is 0.933 bits per heavy atom. The first-order chi connectivity index (χ1) is 14.5. The van der Waals surface area contributed by atoms with Crippen LogP contribution in [0.1, 0.15) is 37.0 Å². The molecule has 4 atom stereocenters. The van der Waals surface area contributed by atoms with Crippen molar-refractivity contribution in [2.45, 2.75) is 38.2 Å². The molecule has 2 aliphatic rings. The zero-order chi connectivity index (χ0) is 21.3. The SMILES string of the molecule is COC1=CC=C(c2ccc(-c3ccc(C4CCC(C)CO4)cc3F)cc2)C(F)C1F. The maximum atomic E-state index is 14.8. The van der Waals surface area contributed by atoms with Gasteiger partial charge < -0.3 is 9.47 Å². The van der Waals surface area contributed by atoms with Crippen molar-refractivity contribution in [2.24, 2.45) is 5.92 Å². The van der Waals surface area contributed by atoms with Crippen molar-refractivity contribution in [3.8, 4) is 11.1 Å². The third-order valence-electron chi connectivity index (χ3n) is 5.89. The molecule has 2 aromatic rings. The van der Waals surface area contributed by atoms with E-state index in [1.807, 2.05) is 6.07 Å². The fourth-order valence-electron chi connectivity index (χ4n) is 4.05. The molecule has 1 fully saturated rings. The molecule has 0 saturated carbocycles. The van der Waals surface area contributed by atoms with E-state index < -0.39 is 12.3 Å². The summed E-state index contributed by atoms with van der Waals surface area (Å²) in [6.45, 7) is 2.85. The lowest BCUT2D eigenvalue weighted by molar-refractivity contribution is -0.0125. The van der Waals surface area contributed by atoms with E-state index in [1.165, 1.54) is 25.3 Å². The number of halogens is 3. The van der Waals surface area contributed by atoms with Gasteiger partial charge in [0.2, 0.25) is 0 Å². The molecule has 4 rings (SSSR count). The van der Waals surface area contributed by atoms with E-state index in [-0.39, 0.29) is 23.3 Å². The van der Waals surface area contributed by atoms with E-state index in [9.17, 15) is 13.2 Å². The van der Waals surface area contributed by atoms with Gasteiger partial charge in [-0.3, -0.25) is 0 Å². The molecular formula is C25H25F3O2. The zero-order valence-corrected chi connectivity index (χ0v) is 17.1. The van der Waals surface area contributed by atoms with Crippen LogP contribution in [0, 0.1) is 11.7 Å². The summed E-state index contributed by atoms with van der Waals surface area (Å²) >= 11 is 0. The lowest BCUT2D eigenvalue weighted by Gasteiger charge is -2.27. The lowest BCUT2D eigenvalue weighted by atomic mass is 9.91. The van der Waals surface area contributed by atoms with Gasteiger partial charge in [0.1, 0.15) is 11.6 Å². The smallest absolute Gasteiger partial charge is 0.192 e. The first kappa shape index (κ1) is 20.7. The number of hydrogen-bond acceptors (Lipinski definition) is 2. The van der Waals surface area contributed by atoms with E-state index in [2.05, 4.69) is 6.92 Å². The van der Waals surface area contributed by atoms with E-state index in [0.29, 0.717) is 29.2 Å². The molecule has 158 valence electrons. The van der Waals surface area contributed by atoms with E-state index in [1.54, 1.807) is 30.3 Å². The molecule has 0 bridgehead atoms. The first-order valence-corrected chi connectivity index (χ1v) is 10.2. The van der Waals surface area contributed by atoms with Crippen molar-refractivity contribution in [1.82, 2.24) is 0 Å². The summed E-state index contributed by atoms with van der Waals surface area (Å²) in [5.74, 6) is 0.192. The fraction of sp³-hybridized carbons (Fsp3) is 0.360. The highest BCUT2D eigenvalue weighted by molar-refractivity contribution is 5.75. The van der Waals surface area contributed by atoms with Crippen LogP contribution in [0.25, 0.3) is 16.7 Å². The van der Waals surface area contributed by atoms with Gasteiger partial charge >= 0.3 is 0 Å². The first-order valence-electron chi connectivity index (χ1n) is 10.2. The van der Waals surface area contributed by atoms with Gasteiger partial charge in [0.05, 0.1) is 13.2 Å². The van der Waals surface area contributed by atoms with Gasteiger partial charge in [-0.05, 0) is 53.2 Å². The van der Waals surface area contributed by atoms with Crippen LogP contribution in [-0.4, -0.2) is 26.1 Å². The Balaban J connectivity index is 1.55. The van der Waals surface area contributed by atoms with Gasteiger partial charge in [-0.1, -0.05) is 49.4 Å². The standard InChI is InChI=1S/C25H25F3O2/c1-15-3-11-22(30-14-15)18-8-9-19(21(26)13-18)16-4-6-17(7-5-16)20-10-12-23(29-2)25(28)24(20)27/h4-10,12-13,15,22,24-25H,3,11,14H2,1-2H3. The summed E-state index contributed by atoms with van der Waals surface area (Å²) in [5.41, 5.74) is 2.80. The van der Waals surface area contributed by atoms with Crippen LogP contribution in [0.3, 0.4) is 0 Å². The number of alkyl halides is 2. The summed E-state index contributed by atoms with van der Waals surface area (Å²) in [4.78, 5) is 0. The zero-order valence-electron chi connectivity index (χ0n) is 17.1. The monoisotopic (exact) mass is 414 g/mol.